The molecular formula is C12H8BrF2N3S. The first-order valence-corrected chi connectivity index (χ1v) is 6.35. The fourth-order valence-corrected chi connectivity index (χ4v) is 1.94. The molecule has 2 rings (SSSR count). The smallest absolute Gasteiger partial charge is 0.150 e. The number of rotatable bonds is 3. The van der Waals surface area contributed by atoms with Crippen molar-refractivity contribution in [3.63, 3.8) is 0 Å². The second kappa shape index (κ2) is 5.58. The molecule has 2 aromatic rings. The van der Waals surface area contributed by atoms with Crippen molar-refractivity contribution in [2.45, 2.75) is 0 Å². The molecule has 19 heavy (non-hydrogen) atoms. The summed E-state index contributed by atoms with van der Waals surface area (Å²) in [7, 11) is 0. The van der Waals surface area contributed by atoms with Crippen molar-refractivity contribution in [2.75, 3.05) is 5.32 Å². The van der Waals surface area contributed by atoms with Gasteiger partial charge in [0.05, 0.1) is 17.6 Å². The molecule has 0 spiro atoms. The molecule has 1 aromatic carbocycles. The number of nitrogens with one attached hydrogen (secondary N) is 1. The van der Waals surface area contributed by atoms with Crippen LogP contribution in [0, 0.1) is 11.6 Å². The van der Waals surface area contributed by atoms with E-state index < -0.39 is 11.6 Å². The highest BCUT2D eigenvalue weighted by molar-refractivity contribution is 9.10. The van der Waals surface area contributed by atoms with Crippen LogP contribution in [-0.4, -0.2) is 9.97 Å². The second-order valence-corrected chi connectivity index (χ2v) is 5.02. The molecule has 98 valence electrons. The van der Waals surface area contributed by atoms with E-state index in [1.165, 1.54) is 18.3 Å². The predicted octanol–water partition coefficient (Wildman–Crippen LogP) is 3.50. The largest absolute Gasteiger partial charge is 0.388 e. The normalized spacial score (nSPS) is 10.3. The number of pyridine rings is 1. The number of anilines is 2. The van der Waals surface area contributed by atoms with Gasteiger partial charge in [0.15, 0.2) is 11.6 Å². The Morgan fingerprint density at radius 1 is 1.26 bits per heavy atom. The van der Waals surface area contributed by atoms with Crippen molar-refractivity contribution < 1.29 is 8.78 Å². The summed E-state index contributed by atoms with van der Waals surface area (Å²) in [5.41, 5.74) is 6.03. The summed E-state index contributed by atoms with van der Waals surface area (Å²) in [4.78, 5) is 4.13. The molecule has 0 aliphatic heterocycles. The van der Waals surface area contributed by atoms with Gasteiger partial charge in [0, 0.05) is 4.47 Å². The van der Waals surface area contributed by atoms with Crippen LogP contribution in [0.2, 0.25) is 0 Å². The predicted molar refractivity (Wildman–Crippen MR) is 77.5 cm³/mol. The Morgan fingerprint density at radius 3 is 2.37 bits per heavy atom. The molecule has 1 aromatic heterocycles. The molecule has 0 amide bonds. The van der Waals surface area contributed by atoms with Crippen LogP contribution in [0.25, 0.3) is 0 Å². The number of benzene rings is 1. The molecule has 7 heteroatoms. The monoisotopic (exact) mass is 343 g/mol. The highest BCUT2D eigenvalue weighted by Gasteiger charge is 2.11. The Morgan fingerprint density at radius 2 is 1.89 bits per heavy atom. The first kappa shape index (κ1) is 13.8. The van der Waals surface area contributed by atoms with Crippen molar-refractivity contribution in [1.82, 2.24) is 4.98 Å². The van der Waals surface area contributed by atoms with Gasteiger partial charge in [-0.15, -0.1) is 0 Å². The summed E-state index contributed by atoms with van der Waals surface area (Å²) in [5, 5.41) is 2.62. The first-order chi connectivity index (χ1) is 8.97. The average Bonchev–Trinajstić information content (AvgIpc) is 2.34. The maximum Gasteiger partial charge on any atom is 0.150 e. The van der Waals surface area contributed by atoms with E-state index in [0.29, 0.717) is 15.9 Å². The molecule has 0 aliphatic carbocycles. The van der Waals surface area contributed by atoms with Gasteiger partial charge in [-0.1, -0.05) is 28.1 Å². The lowest BCUT2D eigenvalue weighted by Gasteiger charge is -2.09. The zero-order chi connectivity index (χ0) is 14.0. The molecule has 0 radical (unpaired) electrons. The Bertz CT molecular complexity index is 608. The number of aromatic nitrogens is 1. The van der Waals surface area contributed by atoms with E-state index in [1.54, 1.807) is 12.1 Å². The number of halogens is 3. The van der Waals surface area contributed by atoms with Gasteiger partial charge < -0.3 is 11.1 Å². The van der Waals surface area contributed by atoms with Crippen LogP contribution in [-0.2, 0) is 0 Å². The maximum absolute atomic E-state index is 13.6. The van der Waals surface area contributed by atoms with Crippen molar-refractivity contribution in [3.05, 3.63) is 52.3 Å². The Labute approximate surface area is 122 Å². The van der Waals surface area contributed by atoms with Gasteiger partial charge in [0.25, 0.3) is 0 Å². The van der Waals surface area contributed by atoms with Crippen LogP contribution < -0.4 is 11.1 Å². The van der Waals surface area contributed by atoms with E-state index >= 15 is 0 Å². The minimum atomic E-state index is -0.703. The molecule has 0 atom stereocenters. The zero-order valence-electron chi connectivity index (χ0n) is 9.45. The average molecular weight is 344 g/mol. The molecular weight excluding hydrogens is 336 g/mol. The van der Waals surface area contributed by atoms with Gasteiger partial charge in [-0.25, -0.2) is 8.78 Å². The van der Waals surface area contributed by atoms with Gasteiger partial charge in [0.2, 0.25) is 0 Å². The van der Waals surface area contributed by atoms with Crippen LogP contribution in [0.5, 0.6) is 0 Å². The standard InChI is InChI=1S/C12H8BrF2N3S/c13-6-3-8(14)11(9(15)4-6)18-7-1-2-10(12(16)19)17-5-7/h1-5,18H,(H2,16,19). The van der Waals surface area contributed by atoms with Crippen LogP contribution in [0.3, 0.4) is 0 Å². The molecule has 3 nitrogen and oxygen atoms in total. The summed E-state index contributed by atoms with van der Waals surface area (Å²) in [6.45, 7) is 0. The summed E-state index contributed by atoms with van der Waals surface area (Å²) in [6.07, 6.45) is 1.40. The molecule has 1 heterocycles. The first-order valence-electron chi connectivity index (χ1n) is 5.15. The minimum Gasteiger partial charge on any atom is -0.388 e. The van der Waals surface area contributed by atoms with Gasteiger partial charge in [-0.3, -0.25) is 4.98 Å². The fraction of sp³-hybridized carbons (Fsp3) is 0. The van der Waals surface area contributed by atoms with Crippen molar-refractivity contribution >= 4 is 44.5 Å². The van der Waals surface area contributed by atoms with Gasteiger partial charge in [-0.2, -0.15) is 0 Å². The van der Waals surface area contributed by atoms with E-state index in [0.717, 1.165) is 0 Å². The molecule has 0 aliphatic rings. The number of thiocarbonyl (C=S) groups is 1. The van der Waals surface area contributed by atoms with Crippen molar-refractivity contribution in [2.24, 2.45) is 5.73 Å². The quantitative estimate of drug-likeness (QED) is 0.837. The van der Waals surface area contributed by atoms with Gasteiger partial charge in [-0.05, 0) is 24.3 Å². The van der Waals surface area contributed by atoms with Crippen molar-refractivity contribution in [3.8, 4) is 0 Å². The van der Waals surface area contributed by atoms with Crippen LogP contribution in [0.1, 0.15) is 5.69 Å². The summed E-state index contributed by atoms with van der Waals surface area (Å²) < 4.78 is 27.6. The zero-order valence-corrected chi connectivity index (χ0v) is 11.9. The third-order valence-electron chi connectivity index (χ3n) is 2.29. The van der Waals surface area contributed by atoms with Crippen LogP contribution in [0.4, 0.5) is 20.2 Å². The minimum absolute atomic E-state index is 0.160. The highest BCUT2D eigenvalue weighted by Crippen LogP contribution is 2.26. The van der Waals surface area contributed by atoms with Crippen LogP contribution >= 0.6 is 28.1 Å². The molecule has 0 unspecified atom stereocenters. The van der Waals surface area contributed by atoms with E-state index in [-0.39, 0.29) is 10.7 Å². The van der Waals surface area contributed by atoms with Gasteiger partial charge in [0.1, 0.15) is 10.7 Å². The molecule has 0 bridgehead atoms. The Kier molecular flexibility index (Phi) is 4.06. The lowest BCUT2D eigenvalue weighted by molar-refractivity contribution is 0.589. The lowest BCUT2D eigenvalue weighted by Crippen LogP contribution is -2.11. The SMILES string of the molecule is NC(=S)c1ccc(Nc2c(F)cc(Br)cc2F)cn1. The molecule has 0 saturated carbocycles. The summed E-state index contributed by atoms with van der Waals surface area (Å²) in [5.74, 6) is -1.41. The van der Waals surface area contributed by atoms with Crippen LogP contribution in [0.15, 0.2) is 34.9 Å². The van der Waals surface area contributed by atoms with Crippen molar-refractivity contribution in [1.29, 1.82) is 0 Å². The lowest BCUT2D eigenvalue weighted by atomic mass is 10.2. The molecule has 3 N–H and O–H groups in total. The van der Waals surface area contributed by atoms with Gasteiger partial charge >= 0.3 is 0 Å². The van der Waals surface area contributed by atoms with E-state index in [9.17, 15) is 8.78 Å². The topological polar surface area (TPSA) is 50.9 Å². The maximum atomic E-state index is 13.6. The summed E-state index contributed by atoms with van der Waals surface area (Å²) >= 11 is 7.77. The van der Waals surface area contributed by atoms with E-state index in [4.69, 9.17) is 18.0 Å². The van der Waals surface area contributed by atoms with E-state index in [1.807, 2.05) is 0 Å². The summed E-state index contributed by atoms with van der Waals surface area (Å²) in [6, 6.07) is 5.49. The fourth-order valence-electron chi connectivity index (χ4n) is 1.42. The number of nitrogens with zero attached hydrogens (tertiary/aromatic N) is 1. The second-order valence-electron chi connectivity index (χ2n) is 3.67. The Hall–Kier alpha value is -1.60. The highest BCUT2D eigenvalue weighted by atomic mass is 79.9. The third kappa shape index (κ3) is 3.24. The van der Waals surface area contributed by atoms with E-state index in [2.05, 4.69) is 26.2 Å². The Balaban J connectivity index is 2.29. The number of hydrogen-bond donors (Lipinski definition) is 2. The third-order valence-corrected chi connectivity index (χ3v) is 2.96. The molecule has 0 saturated heterocycles. The number of hydrogen-bond acceptors (Lipinski definition) is 3. The molecule has 0 fully saturated rings. The number of nitrogens with two attached hydrogens (primary N) is 1.